The summed E-state index contributed by atoms with van der Waals surface area (Å²) in [4.78, 5) is 12.6. The maximum absolute atomic E-state index is 12.9. The molecule has 0 fully saturated rings. The standard InChI is InChI=1S/C25H17F3N2O2/c26-25(27,28)20-13-11-19(12-14-20)23(18-9-5-2-6-10-18)29-30-24(31)22-16-15-21(32-22)17-7-3-1-4-8-17/h1-16H,(H,30,31)/b29-23+. The maximum Gasteiger partial charge on any atom is 0.416 e. The Bertz CT molecular complexity index is 1230. The molecule has 0 radical (unpaired) electrons. The number of benzene rings is 3. The Kier molecular flexibility index (Phi) is 5.89. The van der Waals surface area contributed by atoms with Gasteiger partial charge >= 0.3 is 12.1 Å². The molecule has 1 amide bonds. The van der Waals surface area contributed by atoms with Crippen molar-refractivity contribution in [1.29, 1.82) is 0 Å². The second-order valence-corrected chi connectivity index (χ2v) is 6.87. The van der Waals surface area contributed by atoms with Gasteiger partial charge in [-0.15, -0.1) is 0 Å². The Morgan fingerprint density at radius 1 is 0.750 bits per heavy atom. The van der Waals surface area contributed by atoms with Crippen molar-refractivity contribution in [3.8, 4) is 11.3 Å². The minimum atomic E-state index is -4.44. The van der Waals surface area contributed by atoms with Crippen LogP contribution in [0.25, 0.3) is 11.3 Å². The number of carbonyl (C=O) groups is 1. The summed E-state index contributed by atoms with van der Waals surface area (Å²) in [6.45, 7) is 0. The first-order valence-electron chi connectivity index (χ1n) is 9.68. The van der Waals surface area contributed by atoms with Crippen molar-refractivity contribution in [2.45, 2.75) is 6.18 Å². The highest BCUT2D eigenvalue weighted by molar-refractivity contribution is 6.13. The molecule has 1 aromatic heterocycles. The fraction of sp³-hybridized carbons (Fsp3) is 0.0400. The second-order valence-electron chi connectivity index (χ2n) is 6.87. The van der Waals surface area contributed by atoms with Crippen LogP contribution in [0.3, 0.4) is 0 Å². The summed E-state index contributed by atoms with van der Waals surface area (Å²) in [5.41, 5.74) is 3.88. The van der Waals surface area contributed by atoms with E-state index >= 15 is 0 Å². The number of carbonyl (C=O) groups excluding carboxylic acids is 1. The zero-order valence-electron chi connectivity index (χ0n) is 16.6. The number of rotatable bonds is 5. The molecule has 7 heteroatoms. The van der Waals surface area contributed by atoms with E-state index in [2.05, 4.69) is 10.5 Å². The van der Waals surface area contributed by atoms with E-state index in [4.69, 9.17) is 4.42 Å². The van der Waals surface area contributed by atoms with Crippen LogP contribution in [0.1, 0.15) is 27.2 Å². The zero-order chi connectivity index (χ0) is 22.6. The third-order valence-electron chi connectivity index (χ3n) is 4.69. The molecule has 0 bridgehead atoms. The second kappa shape index (κ2) is 8.93. The maximum atomic E-state index is 12.9. The van der Waals surface area contributed by atoms with E-state index in [1.807, 2.05) is 30.3 Å². The first-order valence-corrected chi connectivity index (χ1v) is 9.68. The lowest BCUT2D eigenvalue weighted by molar-refractivity contribution is -0.137. The van der Waals surface area contributed by atoms with Crippen molar-refractivity contribution in [2.24, 2.45) is 5.10 Å². The van der Waals surface area contributed by atoms with Gasteiger partial charge in [0.15, 0.2) is 5.76 Å². The summed E-state index contributed by atoms with van der Waals surface area (Å²) < 4.78 is 44.4. The summed E-state index contributed by atoms with van der Waals surface area (Å²) in [6, 6.07) is 26.0. The molecule has 0 unspecified atom stereocenters. The Morgan fingerprint density at radius 3 is 1.97 bits per heavy atom. The van der Waals surface area contributed by atoms with Gasteiger partial charge in [-0.3, -0.25) is 4.79 Å². The fourth-order valence-electron chi connectivity index (χ4n) is 3.09. The van der Waals surface area contributed by atoms with Crippen LogP contribution in [0.4, 0.5) is 13.2 Å². The SMILES string of the molecule is O=C(N/N=C(\c1ccccc1)c1ccc(C(F)(F)F)cc1)c1ccc(-c2ccccc2)o1. The van der Waals surface area contributed by atoms with Gasteiger partial charge in [0.2, 0.25) is 0 Å². The summed E-state index contributed by atoms with van der Waals surface area (Å²) in [6.07, 6.45) is -4.44. The molecule has 0 saturated heterocycles. The van der Waals surface area contributed by atoms with Gasteiger partial charge in [0.05, 0.1) is 11.3 Å². The van der Waals surface area contributed by atoms with Crippen LogP contribution in [-0.4, -0.2) is 11.6 Å². The first kappa shape index (κ1) is 21.1. The van der Waals surface area contributed by atoms with Crippen LogP contribution in [0.5, 0.6) is 0 Å². The van der Waals surface area contributed by atoms with Crippen LogP contribution in [-0.2, 0) is 6.18 Å². The molecule has 4 rings (SSSR count). The minimum absolute atomic E-state index is 0.0624. The predicted octanol–water partition coefficient (Wildman–Crippen LogP) is 6.15. The number of nitrogens with one attached hydrogen (secondary N) is 1. The number of hydrogen-bond donors (Lipinski definition) is 1. The number of nitrogens with zero attached hydrogens (tertiary/aromatic N) is 1. The monoisotopic (exact) mass is 434 g/mol. The molecule has 4 nitrogen and oxygen atoms in total. The number of alkyl halides is 3. The van der Waals surface area contributed by atoms with Crippen LogP contribution in [0, 0.1) is 0 Å². The highest BCUT2D eigenvalue weighted by Crippen LogP contribution is 2.29. The smallest absolute Gasteiger partial charge is 0.416 e. The van der Waals surface area contributed by atoms with Crippen LogP contribution < -0.4 is 5.43 Å². The fourth-order valence-corrected chi connectivity index (χ4v) is 3.09. The number of hydrazone groups is 1. The lowest BCUT2D eigenvalue weighted by Gasteiger charge is -2.10. The summed E-state index contributed by atoms with van der Waals surface area (Å²) in [5, 5.41) is 4.19. The Hall–Kier alpha value is -4.13. The van der Waals surface area contributed by atoms with E-state index in [9.17, 15) is 18.0 Å². The highest BCUT2D eigenvalue weighted by Gasteiger charge is 2.30. The van der Waals surface area contributed by atoms with Crippen LogP contribution >= 0.6 is 0 Å². The van der Waals surface area contributed by atoms with E-state index in [-0.39, 0.29) is 5.76 Å². The summed E-state index contributed by atoms with van der Waals surface area (Å²) in [5.74, 6) is 0.0192. The molecule has 160 valence electrons. The molecule has 0 aliphatic carbocycles. The minimum Gasteiger partial charge on any atom is -0.451 e. The van der Waals surface area contributed by atoms with Gasteiger partial charge in [-0.05, 0) is 24.3 Å². The number of hydrogen-bond acceptors (Lipinski definition) is 3. The first-order chi connectivity index (χ1) is 15.4. The quantitative estimate of drug-likeness (QED) is 0.303. The number of halogens is 3. The number of furan rings is 1. The Balaban J connectivity index is 1.60. The Morgan fingerprint density at radius 2 is 1.34 bits per heavy atom. The molecule has 0 saturated carbocycles. The van der Waals surface area contributed by atoms with Crippen LogP contribution in [0.2, 0.25) is 0 Å². The lowest BCUT2D eigenvalue weighted by Crippen LogP contribution is -2.20. The third kappa shape index (κ3) is 4.78. The zero-order valence-corrected chi connectivity index (χ0v) is 16.6. The molecule has 4 aromatic rings. The van der Waals surface area contributed by atoms with E-state index in [0.29, 0.717) is 22.6 Å². The largest absolute Gasteiger partial charge is 0.451 e. The van der Waals surface area contributed by atoms with Gasteiger partial charge in [-0.25, -0.2) is 5.43 Å². The van der Waals surface area contributed by atoms with E-state index in [0.717, 1.165) is 17.7 Å². The molecule has 0 aliphatic heterocycles. The van der Waals surface area contributed by atoms with Gasteiger partial charge < -0.3 is 4.42 Å². The van der Waals surface area contributed by atoms with E-state index in [1.54, 1.807) is 36.4 Å². The molecule has 1 heterocycles. The molecular weight excluding hydrogens is 417 g/mol. The van der Waals surface area contributed by atoms with Gasteiger partial charge in [0.25, 0.3) is 0 Å². The lowest BCUT2D eigenvalue weighted by atomic mass is 10.0. The number of amides is 1. The van der Waals surface area contributed by atoms with Crippen molar-refractivity contribution in [1.82, 2.24) is 5.43 Å². The molecule has 1 N–H and O–H groups in total. The summed E-state index contributed by atoms with van der Waals surface area (Å²) >= 11 is 0. The van der Waals surface area contributed by atoms with Gasteiger partial charge in [0, 0.05) is 16.7 Å². The summed E-state index contributed by atoms with van der Waals surface area (Å²) in [7, 11) is 0. The molecular formula is C25H17F3N2O2. The highest BCUT2D eigenvalue weighted by atomic mass is 19.4. The molecule has 0 spiro atoms. The normalized spacial score (nSPS) is 11.9. The van der Waals surface area contributed by atoms with Gasteiger partial charge in [0.1, 0.15) is 5.76 Å². The molecule has 3 aromatic carbocycles. The van der Waals surface area contributed by atoms with Crippen molar-refractivity contribution in [2.75, 3.05) is 0 Å². The van der Waals surface area contributed by atoms with Crippen molar-refractivity contribution in [3.05, 3.63) is 120 Å². The van der Waals surface area contributed by atoms with Crippen LogP contribution in [0.15, 0.2) is 107 Å². The molecule has 0 aliphatic rings. The average Bonchev–Trinajstić information content (AvgIpc) is 3.31. The topological polar surface area (TPSA) is 54.6 Å². The molecule has 32 heavy (non-hydrogen) atoms. The van der Waals surface area contributed by atoms with Gasteiger partial charge in [-0.1, -0.05) is 72.8 Å². The van der Waals surface area contributed by atoms with Crippen molar-refractivity contribution >= 4 is 11.6 Å². The third-order valence-corrected chi connectivity index (χ3v) is 4.69. The average molecular weight is 434 g/mol. The van der Waals surface area contributed by atoms with Gasteiger partial charge in [-0.2, -0.15) is 18.3 Å². The van der Waals surface area contributed by atoms with Crippen molar-refractivity contribution < 1.29 is 22.4 Å². The Labute approximate surface area is 182 Å². The van der Waals surface area contributed by atoms with Crippen molar-refractivity contribution in [3.63, 3.8) is 0 Å². The van der Waals surface area contributed by atoms with E-state index < -0.39 is 17.6 Å². The molecule has 0 atom stereocenters. The van der Waals surface area contributed by atoms with E-state index in [1.165, 1.54) is 18.2 Å². The predicted molar refractivity (Wildman–Crippen MR) is 115 cm³/mol.